The SMILES string of the molecule is COC(C)CNc1ncc(C)cn1. The van der Waals surface area contributed by atoms with Gasteiger partial charge in [-0.2, -0.15) is 0 Å². The highest BCUT2D eigenvalue weighted by atomic mass is 16.5. The molecule has 0 spiro atoms. The third kappa shape index (κ3) is 3.38. The van der Waals surface area contributed by atoms with Gasteiger partial charge in [0.05, 0.1) is 6.10 Å². The van der Waals surface area contributed by atoms with Crippen molar-refractivity contribution < 1.29 is 4.74 Å². The van der Waals surface area contributed by atoms with Gasteiger partial charge in [-0.3, -0.25) is 0 Å². The minimum Gasteiger partial charge on any atom is -0.380 e. The van der Waals surface area contributed by atoms with Crippen LogP contribution in [0.4, 0.5) is 5.95 Å². The second kappa shape index (κ2) is 4.77. The van der Waals surface area contributed by atoms with Gasteiger partial charge >= 0.3 is 0 Å². The number of hydrogen-bond acceptors (Lipinski definition) is 4. The summed E-state index contributed by atoms with van der Waals surface area (Å²) in [5, 5.41) is 3.08. The van der Waals surface area contributed by atoms with Gasteiger partial charge in [0.2, 0.25) is 5.95 Å². The van der Waals surface area contributed by atoms with Crippen LogP contribution in [0.15, 0.2) is 12.4 Å². The lowest BCUT2D eigenvalue weighted by Crippen LogP contribution is -2.19. The quantitative estimate of drug-likeness (QED) is 0.759. The Kier molecular flexibility index (Phi) is 3.64. The number of nitrogens with one attached hydrogen (secondary N) is 1. The van der Waals surface area contributed by atoms with Gasteiger partial charge in [-0.15, -0.1) is 0 Å². The summed E-state index contributed by atoms with van der Waals surface area (Å²) in [5.74, 6) is 0.648. The van der Waals surface area contributed by atoms with E-state index < -0.39 is 0 Å². The monoisotopic (exact) mass is 181 g/mol. The molecule has 13 heavy (non-hydrogen) atoms. The zero-order chi connectivity index (χ0) is 9.68. The Hall–Kier alpha value is -1.16. The molecule has 1 aromatic rings. The summed E-state index contributed by atoms with van der Waals surface area (Å²) in [6.45, 7) is 4.67. The highest BCUT2D eigenvalue weighted by molar-refractivity contribution is 5.24. The van der Waals surface area contributed by atoms with Crippen LogP contribution in [-0.2, 0) is 4.74 Å². The van der Waals surface area contributed by atoms with E-state index in [4.69, 9.17) is 4.74 Å². The molecule has 0 fully saturated rings. The third-order valence-electron chi connectivity index (χ3n) is 1.73. The Morgan fingerprint density at radius 2 is 2.08 bits per heavy atom. The fourth-order valence-electron chi connectivity index (χ4n) is 0.802. The van der Waals surface area contributed by atoms with Crippen LogP contribution in [0.1, 0.15) is 12.5 Å². The first-order chi connectivity index (χ1) is 6.22. The first kappa shape index (κ1) is 9.92. The van der Waals surface area contributed by atoms with E-state index in [2.05, 4.69) is 15.3 Å². The molecule has 1 heterocycles. The number of ether oxygens (including phenoxy) is 1. The maximum Gasteiger partial charge on any atom is 0.222 e. The minimum atomic E-state index is 0.171. The highest BCUT2D eigenvalue weighted by Gasteiger charge is 1.99. The Bertz CT molecular complexity index is 248. The van der Waals surface area contributed by atoms with Crippen LogP contribution >= 0.6 is 0 Å². The smallest absolute Gasteiger partial charge is 0.222 e. The van der Waals surface area contributed by atoms with Crippen molar-refractivity contribution in [3.8, 4) is 0 Å². The van der Waals surface area contributed by atoms with Gasteiger partial charge < -0.3 is 10.1 Å². The lowest BCUT2D eigenvalue weighted by atomic mass is 10.4. The van der Waals surface area contributed by atoms with Gasteiger partial charge in [0, 0.05) is 26.0 Å². The number of nitrogens with zero attached hydrogens (tertiary/aromatic N) is 2. The number of aryl methyl sites for hydroxylation is 1. The zero-order valence-electron chi connectivity index (χ0n) is 8.24. The molecule has 4 nitrogen and oxygen atoms in total. The topological polar surface area (TPSA) is 47.0 Å². The molecule has 0 aliphatic carbocycles. The van der Waals surface area contributed by atoms with E-state index >= 15 is 0 Å². The normalized spacial score (nSPS) is 12.5. The predicted octanol–water partition coefficient (Wildman–Crippen LogP) is 1.23. The van der Waals surface area contributed by atoms with Crippen molar-refractivity contribution in [2.24, 2.45) is 0 Å². The lowest BCUT2D eigenvalue weighted by Gasteiger charge is -2.09. The zero-order valence-corrected chi connectivity index (χ0v) is 8.24. The summed E-state index contributed by atoms with van der Waals surface area (Å²) in [6, 6.07) is 0. The molecule has 0 bridgehead atoms. The fraction of sp³-hybridized carbons (Fsp3) is 0.556. The van der Waals surface area contributed by atoms with E-state index in [0.29, 0.717) is 5.95 Å². The molecule has 0 saturated heterocycles. The molecule has 4 heteroatoms. The summed E-state index contributed by atoms with van der Waals surface area (Å²) >= 11 is 0. The van der Waals surface area contributed by atoms with Crippen LogP contribution in [0.3, 0.4) is 0 Å². The van der Waals surface area contributed by atoms with E-state index in [1.165, 1.54) is 0 Å². The second-order valence-corrected chi connectivity index (χ2v) is 3.01. The Morgan fingerprint density at radius 1 is 1.46 bits per heavy atom. The van der Waals surface area contributed by atoms with Crippen molar-refractivity contribution in [1.29, 1.82) is 0 Å². The van der Waals surface area contributed by atoms with Crippen LogP contribution in [0.5, 0.6) is 0 Å². The molecule has 1 N–H and O–H groups in total. The van der Waals surface area contributed by atoms with Gasteiger partial charge in [-0.1, -0.05) is 0 Å². The fourth-order valence-corrected chi connectivity index (χ4v) is 0.802. The van der Waals surface area contributed by atoms with Gasteiger partial charge in [-0.25, -0.2) is 9.97 Å². The summed E-state index contributed by atoms with van der Waals surface area (Å²) in [4.78, 5) is 8.21. The molecule has 0 aromatic carbocycles. The molecule has 1 aromatic heterocycles. The van der Waals surface area contributed by atoms with E-state index in [-0.39, 0.29) is 6.10 Å². The van der Waals surface area contributed by atoms with Gasteiger partial charge in [0.15, 0.2) is 0 Å². The van der Waals surface area contributed by atoms with Crippen LogP contribution in [-0.4, -0.2) is 29.7 Å². The Balaban J connectivity index is 2.41. The predicted molar refractivity (Wildman–Crippen MR) is 51.7 cm³/mol. The number of rotatable bonds is 4. The van der Waals surface area contributed by atoms with E-state index in [1.54, 1.807) is 19.5 Å². The average molecular weight is 181 g/mol. The van der Waals surface area contributed by atoms with Crippen LogP contribution in [0.2, 0.25) is 0 Å². The molecule has 0 aliphatic heterocycles. The van der Waals surface area contributed by atoms with Crippen molar-refractivity contribution >= 4 is 5.95 Å². The molecule has 1 unspecified atom stereocenters. The summed E-state index contributed by atoms with van der Waals surface area (Å²) in [6.07, 6.45) is 3.74. The van der Waals surface area contributed by atoms with Crippen LogP contribution in [0, 0.1) is 6.92 Å². The molecular formula is C9H15N3O. The van der Waals surface area contributed by atoms with E-state index in [9.17, 15) is 0 Å². The third-order valence-corrected chi connectivity index (χ3v) is 1.73. The molecule has 0 saturated carbocycles. The lowest BCUT2D eigenvalue weighted by molar-refractivity contribution is 0.128. The van der Waals surface area contributed by atoms with Crippen molar-refractivity contribution in [3.63, 3.8) is 0 Å². The first-order valence-electron chi connectivity index (χ1n) is 4.27. The van der Waals surface area contributed by atoms with Crippen molar-refractivity contribution in [1.82, 2.24) is 9.97 Å². The van der Waals surface area contributed by atoms with Crippen LogP contribution < -0.4 is 5.32 Å². The largest absolute Gasteiger partial charge is 0.380 e. The number of aromatic nitrogens is 2. The molecule has 0 aliphatic rings. The van der Waals surface area contributed by atoms with E-state index in [1.807, 2.05) is 13.8 Å². The van der Waals surface area contributed by atoms with Gasteiger partial charge in [0.1, 0.15) is 0 Å². The van der Waals surface area contributed by atoms with Crippen molar-refractivity contribution in [2.75, 3.05) is 19.0 Å². The molecular weight excluding hydrogens is 166 g/mol. The van der Waals surface area contributed by atoms with Gasteiger partial charge in [-0.05, 0) is 19.4 Å². The van der Waals surface area contributed by atoms with E-state index in [0.717, 1.165) is 12.1 Å². The Labute approximate surface area is 78.4 Å². The van der Waals surface area contributed by atoms with Crippen molar-refractivity contribution in [2.45, 2.75) is 20.0 Å². The van der Waals surface area contributed by atoms with Gasteiger partial charge in [0.25, 0.3) is 0 Å². The highest BCUT2D eigenvalue weighted by Crippen LogP contribution is 1.98. The molecule has 1 rings (SSSR count). The molecule has 72 valence electrons. The number of methoxy groups -OCH3 is 1. The molecule has 0 amide bonds. The number of anilines is 1. The maximum atomic E-state index is 5.08. The standard InChI is InChI=1S/C9H15N3O/c1-7-4-10-9(11-5-7)12-6-8(2)13-3/h4-5,8H,6H2,1-3H3,(H,10,11,12). The van der Waals surface area contributed by atoms with Crippen molar-refractivity contribution in [3.05, 3.63) is 18.0 Å². The average Bonchev–Trinajstić information content (AvgIpc) is 2.16. The summed E-state index contributed by atoms with van der Waals surface area (Å²) in [5.41, 5.74) is 1.06. The summed E-state index contributed by atoms with van der Waals surface area (Å²) in [7, 11) is 1.68. The molecule has 0 radical (unpaired) electrons. The first-order valence-corrected chi connectivity index (χ1v) is 4.27. The minimum absolute atomic E-state index is 0.171. The number of hydrogen-bond donors (Lipinski definition) is 1. The summed E-state index contributed by atoms with van der Waals surface area (Å²) < 4.78 is 5.08. The second-order valence-electron chi connectivity index (χ2n) is 3.01. The maximum absolute atomic E-state index is 5.08. The van der Waals surface area contributed by atoms with Crippen LogP contribution in [0.25, 0.3) is 0 Å². The molecule has 1 atom stereocenters. The Morgan fingerprint density at radius 3 is 2.62 bits per heavy atom.